The topological polar surface area (TPSA) is 78.9 Å². The van der Waals surface area contributed by atoms with Crippen molar-refractivity contribution in [2.24, 2.45) is 11.8 Å². The van der Waals surface area contributed by atoms with E-state index in [2.05, 4.69) is 34.6 Å². The number of hydrogen-bond acceptors (Lipinski definition) is 6. The summed E-state index contributed by atoms with van der Waals surface area (Å²) >= 11 is 0. The molecule has 0 unspecified atom stereocenters. The van der Waals surface area contributed by atoms with E-state index in [4.69, 9.17) is 14.2 Å². The Morgan fingerprint density at radius 1 is 0.333 bits per heavy atom. The largest absolute Gasteiger partial charge is 0.462 e. The number of carbonyl (C=O) groups excluding carboxylic acids is 3. The minimum absolute atomic E-state index is 0.0640. The van der Waals surface area contributed by atoms with Crippen LogP contribution in [0.1, 0.15) is 279 Å². The molecule has 0 aromatic rings. The molecule has 0 heterocycles. The van der Waals surface area contributed by atoms with E-state index in [-0.39, 0.29) is 31.1 Å². The summed E-state index contributed by atoms with van der Waals surface area (Å²) in [6.07, 6.45) is 43.7. The van der Waals surface area contributed by atoms with E-state index >= 15 is 0 Å². The molecule has 0 radical (unpaired) electrons. The monoisotopic (exact) mass is 807 g/mol. The van der Waals surface area contributed by atoms with E-state index in [0.29, 0.717) is 19.3 Å². The quantitative estimate of drug-likeness (QED) is 0.0346. The predicted molar refractivity (Wildman–Crippen MR) is 243 cm³/mol. The second kappa shape index (κ2) is 44.0. The van der Waals surface area contributed by atoms with Gasteiger partial charge in [0.15, 0.2) is 6.10 Å². The van der Waals surface area contributed by atoms with Crippen molar-refractivity contribution in [1.82, 2.24) is 0 Å². The first-order valence-corrected chi connectivity index (χ1v) is 25.2. The van der Waals surface area contributed by atoms with Crippen molar-refractivity contribution in [2.45, 2.75) is 285 Å². The first-order valence-electron chi connectivity index (χ1n) is 25.2. The van der Waals surface area contributed by atoms with Crippen LogP contribution in [0.2, 0.25) is 0 Å². The molecule has 0 saturated carbocycles. The van der Waals surface area contributed by atoms with Crippen LogP contribution in [0.4, 0.5) is 0 Å². The van der Waals surface area contributed by atoms with Gasteiger partial charge in [-0.25, -0.2) is 0 Å². The van der Waals surface area contributed by atoms with E-state index in [1.807, 2.05) is 0 Å². The van der Waals surface area contributed by atoms with Crippen LogP contribution in [0.3, 0.4) is 0 Å². The smallest absolute Gasteiger partial charge is 0.306 e. The SMILES string of the molecule is CCCCCCCCCCCCCCC(=O)OC[C@H](COC(=O)CCCCCCCCCCCCCC(C)C)OC(=O)CCCCCCCCCCCCC(C)C. The second-order valence-electron chi connectivity index (χ2n) is 18.4. The summed E-state index contributed by atoms with van der Waals surface area (Å²) in [4.78, 5) is 37.9. The molecule has 0 amide bonds. The molecule has 0 saturated heterocycles. The molecular weight excluding hydrogens is 709 g/mol. The summed E-state index contributed by atoms with van der Waals surface area (Å²) in [5.41, 5.74) is 0. The molecule has 57 heavy (non-hydrogen) atoms. The second-order valence-corrected chi connectivity index (χ2v) is 18.4. The molecule has 0 N–H and O–H groups in total. The zero-order valence-electron chi connectivity index (χ0n) is 39.0. The normalized spacial score (nSPS) is 12.1. The lowest BCUT2D eigenvalue weighted by molar-refractivity contribution is -0.167. The zero-order chi connectivity index (χ0) is 41.9. The van der Waals surface area contributed by atoms with Gasteiger partial charge in [0.05, 0.1) is 0 Å². The van der Waals surface area contributed by atoms with Crippen molar-refractivity contribution in [1.29, 1.82) is 0 Å². The molecule has 338 valence electrons. The lowest BCUT2D eigenvalue weighted by Gasteiger charge is -2.18. The van der Waals surface area contributed by atoms with Gasteiger partial charge in [0.1, 0.15) is 13.2 Å². The molecular formula is C51H98O6. The molecule has 0 aromatic heterocycles. The van der Waals surface area contributed by atoms with Crippen molar-refractivity contribution < 1.29 is 28.6 Å². The van der Waals surface area contributed by atoms with Gasteiger partial charge in [-0.1, -0.05) is 240 Å². The fourth-order valence-corrected chi connectivity index (χ4v) is 7.64. The maximum Gasteiger partial charge on any atom is 0.306 e. The van der Waals surface area contributed by atoms with Crippen molar-refractivity contribution >= 4 is 17.9 Å². The summed E-state index contributed by atoms with van der Waals surface area (Å²) in [6.45, 7) is 11.3. The minimum atomic E-state index is -0.761. The number of esters is 3. The van der Waals surface area contributed by atoms with Crippen LogP contribution >= 0.6 is 0 Å². The lowest BCUT2D eigenvalue weighted by Crippen LogP contribution is -2.30. The molecule has 0 bridgehead atoms. The molecule has 0 aliphatic heterocycles. The third-order valence-corrected chi connectivity index (χ3v) is 11.5. The summed E-state index contributed by atoms with van der Waals surface area (Å²) in [6, 6.07) is 0. The van der Waals surface area contributed by atoms with Gasteiger partial charge in [0.25, 0.3) is 0 Å². The Morgan fingerprint density at radius 3 is 0.860 bits per heavy atom. The molecule has 0 aromatic carbocycles. The van der Waals surface area contributed by atoms with Crippen molar-refractivity contribution in [3.8, 4) is 0 Å². The van der Waals surface area contributed by atoms with Crippen LogP contribution in [0.5, 0.6) is 0 Å². The Kier molecular flexibility index (Phi) is 42.7. The Bertz CT molecular complexity index is 870. The third-order valence-electron chi connectivity index (χ3n) is 11.5. The lowest BCUT2D eigenvalue weighted by atomic mass is 10.0. The van der Waals surface area contributed by atoms with Crippen LogP contribution < -0.4 is 0 Å². The third kappa shape index (κ3) is 45.3. The molecule has 0 rings (SSSR count). The highest BCUT2D eigenvalue weighted by Gasteiger charge is 2.19. The molecule has 0 aliphatic carbocycles. The first kappa shape index (κ1) is 55.4. The van der Waals surface area contributed by atoms with Gasteiger partial charge in [-0.15, -0.1) is 0 Å². The average molecular weight is 807 g/mol. The number of unbranched alkanes of at least 4 members (excludes halogenated alkanes) is 30. The van der Waals surface area contributed by atoms with Crippen LogP contribution in [-0.4, -0.2) is 37.2 Å². The zero-order valence-corrected chi connectivity index (χ0v) is 39.0. The maximum atomic E-state index is 12.8. The standard InChI is InChI=1S/C51H98O6/c1-6-7-8-9-10-11-12-15-21-26-31-36-41-49(52)55-44-48(57-51(54)43-38-33-28-23-18-17-20-25-30-35-40-47(4)5)45-56-50(53)42-37-32-27-22-16-13-14-19-24-29-34-39-46(2)3/h46-48H,6-45H2,1-5H3/t48-/m1/s1. The highest BCUT2D eigenvalue weighted by molar-refractivity contribution is 5.71. The Hall–Kier alpha value is -1.59. The Morgan fingerprint density at radius 2 is 0.579 bits per heavy atom. The van der Waals surface area contributed by atoms with Crippen molar-refractivity contribution in [3.63, 3.8) is 0 Å². The van der Waals surface area contributed by atoms with Gasteiger partial charge < -0.3 is 14.2 Å². The summed E-state index contributed by atoms with van der Waals surface area (Å²) in [5.74, 6) is 0.793. The molecule has 6 nitrogen and oxygen atoms in total. The number of hydrogen-bond donors (Lipinski definition) is 0. The maximum absolute atomic E-state index is 12.8. The van der Waals surface area contributed by atoms with Crippen LogP contribution in [-0.2, 0) is 28.6 Å². The van der Waals surface area contributed by atoms with E-state index in [0.717, 1.165) is 69.6 Å². The average Bonchev–Trinajstić information content (AvgIpc) is 3.18. The molecule has 0 spiro atoms. The van der Waals surface area contributed by atoms with Crippen molar-refractivity contribution in [2.75, 3.05) is 13.2 Å². The predicted octanol–water partition coefficient (Wildman–Crippen LogP) is 16.1. The molecule has 0 aliphatic rings. The van der Waals surface area contributed by atoms with Crippen molar-refractivity contribution in [3.05, 3.63) is 0 Å². The summed E-state index contributed by atoms with van der Waals surface area (Å²) in [5, 5.41) is 0. The highest BCUT2D eigenvalue weighted by atomic mass is 16.6. The van der Waals surface area contributed by atoms with Crippen LogP contribution in [0.25, 0.3) is 0 Å². The summed E-state index contributed by atoms with van der Waals surface area (Å²) < 4.78 is 16.8. The minimum Gasteiger partial charge on any atom is -0.462 e. The van der Waals surface area contributed by atoms with Crippen LogP contribution in [0, 0.1) is 11.8 Å². The number of rotatable bonds is 45. The summed E-state index contributed by atoms with van der Waals surface area (Å²) in [7, 11) is 0. The van der Waals surface area contributed by atoms with Gasteiger partial charge in [-0.2, -0.15) is 0 Å². The van der Waals surface area contributed by atoms with Gasteiger partial charge in [-0.3, -0.25) is 14.4 Å². The van der Waals surface area contributed by atoms with Gasteiger partial charge in [0.2, 0.25) is 0 Å². The van der Waals surface area contributed by atoms with E-state index < -0.39 is 6.10 Å². The van der Waals surface area contributed by atoms with Crippen LogP contribution in [0.15, 0.2) is 0 Å². The Labute approximate surface area is 355 Å². The fourth-order valence-electron chi connectivity index (χ4n) is 7.64. The first-order chi connectivity index (χ1) is 27.7. The van der Waals surface area contributed by atoms with Gasteiger partial charge in [-0.05, 0) is 31.1 Å². The number of carbonyl (C=O) groups is 3. The van der Waals surface area contributed by atoms with Gasteiger partial charge in [0, 0.05) is 19.3 Å². The Balaban J connectivity index is 4.32. The molecule has 1 atom stereocenters. The van der Waals surface area contributed by atoms with Gasteiger partial charge >= 0.3 is 17.9 Å². The van der Waals surface area contributed by atoms with E-state index in [9.17, 15) is 14.4 Å². The number of ether oxygens (including phenoxy) is 3. The molecule has 0 fully saturated rings. The molecule has 6 heteroatoms. The highest BCUT2D eigenvalue weighted by Crippen LogP contribution is 2.17. The van der Waals surface area contributed by atoms with E-state index in [1.54, 1.807) is 0 Å². The fraction of sp³-hybridized carbons (Fsp3) is 0.941. The van der Waals surface area contributed by atoms with E-state index in [1.165, 1.54) is 167 Å².